The monoisotopic (exact) mass is 484 g/mol. The van der Waals surface area contributed by atoms with Gasteiger partial charge in [-0.05, 0) is 61.0 Å². The van der Waals surface area contributed by atoms with Gasteiger partial charge in [-0.15, -0.1) is 0 Å². The molecule has 0 unspecified atom stereocenters. The van der Waals surface area contributed by atoms with Crippen molar-refractivity contribution in [2.24, 2.45) is 4.99 Å². The normalized spacial score (nSPS) is 18.7. The van der Waals surface area contributed by atoms with Crippen LogP contribution in [0.25, 0.3) is 0 Å². The summed E-state index contributed by atoms with van der Waals surface area (Å²) in [5, 5.41) is 14.7. The Labute approximate surface area is 189 Å². The van der Waals surface area contributed by atoms with Crippen LogP contribution in [0.2, 0.25) is 5.02 Å². The number of phenols is 1. The van der Waals surface area contributed by atoms with Crippen LogP contribution in [-0.2, 0) is 0 Å². The van der Waals surface area contributed by atoms with Crippen LogP contribution in [0.5, 0.6) is 11.5 Å². The van der Waals surface area contributed by atoms with Crippen molar-refractivity contribution < 1.29 is 9.84 Å². The van der Waals surface area contributed by atoms with Crippen molar-refractivity contribution in [2.45, 2.75) is 25.6 Å². The molecule has 6 heteroatoms. The number of aromatic hydroxyl groups is 1. The van der Waals surface area contributed by atoms with E-state index in [0.29, 0.717) is 18.1 Å². The van der Waals surface area contributed by atoms with E-state index in [0.717, 1.165) is 32.6 Å². The average molecular weight is 486 g/mol. The fraction of sp³-hybridized carbons (Fsp3) is 0.208. The van der Waals surface area contributed by atoms with Crippen molar-refractivity contribution in [1.82, 2.24) is 5.32 Å². The summed E-state index contributed by atoms with van der Waals surface area (Å²) in [7, 11) is 0. The molecular weight excluding hydrogens is 464 g/mol. The first kappa shape index (κ1) is 20.9. The predicted octanol–water partition coefficient (Wildman–Crippen LogP) is 6.43. The molecular formula is C24H22BrClN2O2. The minimum Gasteiger partial charge on any atom is -0.508 e. The first-order chi connectivity index (χ1) is 14.5. The summed E-state index contributed by atoms with van der Waals surface area (Å²) >= 11 is 9.99. The zero-order valence-electron chi connectivity index (χ0n) is 16.5. The van der Waals surface area contributed by atoms with Crippen molar-refractivity contribution in [3.63, 3.8) is 0 Å². The van der Waals surface area contributed by atoms with E-state index in [1.54, 1.807) is 6.07 Å². The van der Waals surface area contributed by atoms with Crippen LogP contribution in [-0.4, -0.2) is 17.4 Å². The Kier molecular flexibility index (Phi) is 6.42. The molecule has 0 saturated carbocycles. The number of nitrogens with one attached hydrogen (secondary N) is 1. The maximum absolute atomic E-state index is 10.5. The molecule has 0 fully saturated rings. The van der Waals surface area contributed by atoms with Gasteiger partial charge in [0.15, 0.2) is 0 Å². The number of nitrogens with zero attached hydrogens (tertiary/aromatic N) is 1. The van der Waals surface area contributed by atoms with Gasteiger partial charge < -0.3 is 9.84 Å². The van der Waals surface area contributed by atoms with Gasteiger partial charge in [-0.2, -0.15) is 0 Å². The number of benzene rings is 3. The predicted molar refractivity (Wildman–Crippen MR) is 125 cm³/mol. The summed E-state index contributed by atoms with van der Waals surface area (Å²) < 4.78 is 6.48. The lowest BCUT2D eigenvalue weighted by Gasteiger charge is -2.31. The number of hydrogen-bond donors (Lipinski definition) is 2. The second-order valence-corrected chi connectivity index (χ2v) is 8.41. The van der Waals surface area contributed by atoms with Crippen molar-refractivity contribution in [1.29, 1.82) is 0 Å². The zero-order chi connectivity index (χ0) is 21.1. The highest BCUT2D eigenvalue weighted by atomic mass is 79.9. The molecule has 3 aromatic rings. The van der Waals surface area contributed by atoms with E-state index in [9.17, 15) is 5.11 Å². The maximum atomic E-state index is 10.5. The quantitative estimate of drug-likeness (QED) is 0.438. The average Bonchev–Trinajstić information content (AvgIpc) is 2.76. The third kappa shape index (κ3) is 4.53. The summed E-state index contributed by atoms with van der Waals surface area (Å²) in [6.07, 6.45) is 0.316. The molecule has 0 bridgehead atoms. The van der Waals surface area contributed by atoms with Crippen molar-refractivity contribution in [3.8, 4) is 11.5 Å². The van der Waals surface area contributed by atoms with Crippen molar-refractivity contribution in [3.05, 3.63) is 92.9 Å². The summed E-state index contributed by atoms with van der Waals surface area (Å²) in [6, 6.07) is 21.0. The molecule has 30 heavy (non-hydrogen) atoms. The van der Waals surface area contributed by atoms with E-state index < -0.39 is 0 Å². The standard InChI is InChI=1S/C24H22BrClN2O2/c1-2-30-17-10-7-15(8-11-17)21-14-22(19-13-16(25)9-12-23(19)29)28-24(27-21)18-5-3-4-6-20(18)26/h3-13,22,24,28-29H,2,14H2,1H3/t22-,24+/m1/s1. The lowest BCUT2D eigenvalue weighted by atomic mass is 9.93. The largest absolute Gasteiger partial charge is 0.508 e. The molecule has 2 atom stereocenters. The molecule has 0 spiro atoms. The van der Waals surface area contributed by atoms with Gasteiger partial charge in [-0.25, -0.2) is 0 Å². The summed E-state index contributed by atoms with van der Waals surface area (Å²) in [5.74, 6) is 1.08. The molecule has 1 heterocycles. The van der Waals surface area contributed by atoms with E-state index in [2.05, 4.69) is 21.2 Å². The number of ether oxygens (including phenoxy) is 1. The lowest BCUT2D eigenvalue weighted by molar-refractivity contribution is 0.340. The summed E-state index contributed by atoms with van der Waals surface area (Å²) in [6.45, 7) is 2.59. The molecule has 154 valence electrons. The molecule has 2 N–H and O–H groups in total. The van der Waals surface area contributed by atoms with E-state index in [1.807, 2.05) is 67.6 Å². The van der Waals surface area contributed by atoms with Gasteiger partial charge >= 0.3 is 0 Å². The third-order valence-electron chi connectivity index (χ3n) is 5.10. The van der Waals surface area contributed by atoms with E-state index in [4.69, 9.17) is 21.3 Å². The van der Waals surface area contributed by atoms with E-state index >= 15 is 0 Å². The van der Waals surface area contributed by atoms with E-state index in [-0.39, 0.29) is 18.0 Å². The fourth-order valence-electron chi connectivity index (χ4n) is 3.65. The number of halogens is 2. The summed E-state index contributed by atoms with van der Waals surface area (Å²) in [5.41, 5.74) is 3.70. The Hall–Kier alpha value is -2.34. The van der Waals surface area contributed by atoms with Crippen LogP contribution in [0.3, 0.4) is 0 Å². The molecule has 1 aliphatic rings. The zero-order valence-corrected chi connectivity index (χ0v) is 18.8. The molecule has 0 amide bonds. The fourth-order valence-corrected chi connectivity index (χ4v) is 4.27. The molecule has 4 nitrogen and oxygen atoms in total. The number of rotatable bonds is 5. The Morgan fingerprint density at radius 1 is 1.10 bits per heavy atom. The molecule has 0 radical (unpaired) electrons. The SMILES string of the molecule is CCOc1ccc(C2=N[C@H](c3ccccc3Cl)N[C@@H](c3cc(Br)ccc3O)C2)cc1. The Morgan fingerprint density at radius 2 is 1.87 bits per heavy atom. The van der Waals surface area contributed by atoms with Gasteiger partial charge in [-0.3, -0.25) is 10.3 Å². The lowest BCUT2D eigenvalue weighted by Crippen LogP contribution is -2.33. The Balaban J connectivity index is 1.75. The maximum Gasteiger partial charge on any atom is 0.127 e. The van der Waals surface area contributed by atoms with Gasteiger partial charge in [0.1, 0.15) is 17.7 Å². The van der Waals surface area contributed by atoms with Crippen molar-refractivity contribution >= 4 is 33.2 Å². The Morgan fingerprint density at radius 3 is 2.60 bits per heavy atom. The van der Waals surface area contributed by atoms with Crippen LogP contribution >= 0.6 is 27.5 Å². The molecule has 0 aromatic heterocycles. The van der Waals surface area contributed by atoms with Crippen LogP contribution in [0.4, 0.5) is 0 Å². The minimum absolute atomic E-state index is 0.122. The number of aliphatic imine (C=N–C) groups is 1. The first-order valence-corrected chi connectivity index (χ1v) is 11.0. The molecule has 1 aliphatic heterocycles. The van der Waals surface area contributed by atoms with E-state index in [1.165, 1.54) is 0 Å². The second-order valence-electron chi connectivity index (χ2n) is 7.08. The minimum atomic E-state index is -0.322. The highest BCUT2D eigenvalue weighted by Gasteiger charge is 2.28. The molecule has 3 aromatic carbocycles. The van der Waals surface area contributed by atoms with Crippen LogP contribution in [0, 0.1) is 0 Å². The molecule has 0 aliphatic carbocycles. The van der Waals surface area contributed by atoms with Gasteiger partial charge in [0.2, 0.25) is 0 Å². The number of phenolic OH excluding ortho intramolecular Hbond substituents is 1. The highest BCUT2D eigenvalue weighted by Crippen LogP contribution is 2.37. The van der Waals surface area contributed by atoms with Gasteiger partial charge in [0.05, 0.1) is 6.61 Å². The second kappa shape index (κ2) is 9.21. The smallest absolute Gasteiger partial charge is 0.127 e. The molecule has 4 rings (SSSR count). The van der Waals surface area contributed by atoms with Gasteiger partial charge in [0, 0.05) is 38.8 Å². The number of hydrogen-bond acceptors (Lipinski definition) is 4. The summed E-state index contributed by atoms with van der Waals surface area (Å²) in [4.78, 5) is 4.97. The first-order valence-electron chi connectivity index (χ1n) is 9.84. The molecule has 0 saturated heterocycles. The van der Waals surface area contributed by atoms with Crippen molar-refractivity contribution in [2.75, 3.05) is 6.61 Å². The van der Waals surface area contributed by atoms with Crippen LogP contribution < -0.4 is 10.1 Å². The van der Waals surface area contributed by atoms with Crippen LogP contribution in [0.1, 0.15) is 42.2 Å². The van der Waals surface area contributed by atoms with Gasteiger partial charge in [0.25, 0.3) is 0 Å². The highest BCUT2D eigenvalue weighted by molar-refractivity contribution is 9.10. The van der Waals surface area contributed by atoms with Crippen LogP contribution in [0.15, 0.2) is 76.2 Å². The third-order valence-corrected chi connectivity index (χ3v) is 5.94. The topological polar surface area (TPSA) is 53.8 Å². The van der Waals surface area contributed by atoms with Gasteiger partial charge in [-0.1, -0.05) is 45.7 Å². The Bertz CT molecular complexity index is 1070.